The number of aliphatic carboxylic acids is 1. The minimum atomic E-state index is -0.747. The number of rotatable bonds is 6. The molecule has 1 aliphatic carbocycles. The third-order valence-corrected chi connectivity index (χ3v) is 6.77. The number of carboxylic acid groups (broad SMARTS) is 1. The predicted molar refractivity (Wildman–Crippen MR) is 122 cm³/mol. The van der Waals surface area contributed by atoms with E-state index in [9.17, 15) is 14.3 Å². The topological polar surface area (TPSA) is 46.5 Å². The van der Waals surface area contributed by atoms with E-state index >= 15 is 0 Å². The molecular weight excluding hydrogens is 403 g/mol. The van der Waals surface area contributed by atoms with E-state index < -0.39 is 5.97 Å². The molecule has 2 atom stereocenters. The summed E-state index contributed by atoms with van der Waals surface area (Å²) < 4.78 is 20.6. The number of fused-ring (bicyclic) bond motifs is 1. The Morgan fingerprint density at radius 3 is 2.56 bits per heavy atom. The largest absolute Gasteiger partial charge is 0.485 e. The lowest BCUT2D eigenvalue weighted by molar-refractivity contribution is -0.137. The van der Waals surface area contributed by atoms with Crippen molar-refractivity contribution in [2.24, 2.45) is 5.92 Å². The van der Waals surface area contributed by atoms with Crippen molar-refractivity contribution in [1.29, 1.82) is 0 Å². The zero-order valence-corrected chi connectivity index (χ0v) is 18.2. The van der Waals surface area contributed by atoms with Gasteiger partial charge >= 0.3 is 5.97 Å². The Morgan fingerprint density at radius 1 is 1.06 bits per heavy atom. The van der Waals surface area contributed by atoms with Gasteiger partial charge in [-0.2, -0.15) is 0 Å². The van der Waals surface area contributed by atoms with Crippen molar-refractivity contribution in [3.63, 3.8) is 0 Å². The molecule has 4 heteroatoms. The second kappa shape index (κ2) is 8.42. The van der Waals surface area contributed by atoms with Crippen LogP contribution in [0.3, 0.4) is 0 Å². The van der Waals surface area contributed by atoms with Crippen molar-refractivity contribution in [3.8, 4) is 16.9 Å². The molecule has 0 saturated heterocycles. The molecule has 1 heterocycles. The van der Waals surface area contributed by atoms with E-state index in [1.54, 1.807) is 6.07 Å². The van der Waals surface area contributed by atoms with Crippen molar-refractivity contribution in [1.82, 2.24) is 0 Å². The van der Waals surface area contributed by atoms with Crippen molar-refractivity contribution < 1.29 is 19.0 Å². The van der Waals surface area contributed by atoms with E-state index in [-0.39, 0.29) is 24.3 Å². The standard InChI is InChI=1S/C28H27FO3/c1-17-2-12-25(29)24(14-17)19-5-7-20(8-6-19)26-13-11-21-9-10-22(15-27(21)32-26)23(16-28(30)31)18-3-4-18/h2,5-10,12,14-15,18,23,26H,3-4,11,13,16H2,1H3,(H,30,31)/t23-,26?/m0/s1. The summed E-state index contributed by atoms with van der Waals surface area (Å²) in [6.45, 7) is 1.96. The normalized spacial score (nSPS) is 18.5. The molecule has 5 rings (SSSR count). The summed E-state index contributed by atoms with van der Waals surface area (Å²) in [6, 6.07) is 19.4. The first-order valence-electron chi connectivity index (χ1n) is 11.4. The molecule has 3 nitrogen and oxygen atoms in total. The van der Waals surface area contributed by atoms with Gasteiger partial charge in [0.2, 0.25) is 0 Å². The number of aryl methyl sites for hydroxylation is 2. The Kier molecular flexibility index (Phi) is 5.46. The monoisotopic (exact) mass is 430 g/mol. The predicted octanol–water partition coefficient (Wildman–Crippen LogP) is 6.84. The maximum Gasteiger partial charge on any atom is 0.303 e. The van der Waals surface area contributed by atoms with Gasteiger partial charge in [-0.15, -0.1) is 0 Å². The van der Waals surface area contributed by atoms with Crippen molar-refractivity contribution >= 4 is 5.97 Å². The highest BCUT2D eigenvalue weighted by molar-refractivity contribution is 5.68. The zero-order chi connectivity index (χ0) is 22.2. The van der Waals surface area contributed by atoms with Crippen LogP contribution < -0.4 is 4.74 Å². The van der Waals surface area contributed by atoms with E-state index in [0.29, 0.717) is 11.5 Å². The van der Waals surface area contributed by atoms with Crippen molar-refractivity contribution in [2.75, 3.05) is 0 Å². The van der Waals surface area contributed by atoms with Crippen LogP contribution in [0.5, 0.6) is 5.75 Å². The molecule has 3 aromatic carbocycles. The van der Waals surface area contributed by atoms with Crippen LogP contribution in [0.1, 0.15) is 60.0 Å². The maximum atomic E-state index is 14.3. The lowest BCUT2D eigenvalue weighted by atomic mass is 9.88. The summed E-state index contributed by atoms with van der Waals surface area (Å²) in [6.07, 6.45) is 4.11. The molecule has 1 unspecified atom stereocenters. The number of halogens is 1. The molecular formula is C28H27FO3. The van der Waals surface area contributed by atoms with E-state index in [4.69, 9.17) is 4.74 Å². The Morgan fingerprint density at radius 2 is 1.84 bits per heavy atom. The molecule has 1 saturated carbocycles. The second-order valence-electron chi connectivity index (χ2n) is 9.16. The lowest BCUT2D eigenvalue weighted by Crippen LogP contribution is -2.16. The Bertz CT molecular complexity index is 1150. The zero-order valence-electron chi connectivity index (χ0n) is 18.2. The fourth-order valence-corrected chi connectivity index (χ4v) is 4.83. The summed E-state index contributed by atoms with van der Waals surface area (Å²) in [5.74, 6) is 0.431. The molecule has 1 aliphatic heterocycles. The molecule has 1 N–H and O–H groups in total. The van der Waals surface area contributed by atoms with E-state index in [1.165, 1.54) is 11.6 Å². The molecule has 0 bridgehead atoms. The van der Waals surface area contributed by atoms with Gasteiger partial charge in [-0.25, -0.2) is 4.39 Å². The van der Waals surface area contributed by atoms with Crippen LogP contribution in [-0.4, -0.2) is 11.1 Å². The Hall–Kier alpha value is -3.14. The smallest absolute Gasteiger partial charge is 0.303 e. The Labute approximate surface area is 187 Å². The molecule has 0 radical (unpaired) electrons. The maximum absolute atomic E-state index is 14.3. The number of hydrogen-bond acceptors (Lipinski definition) is 2. The minimum absolute atomic E-state index is 0.0604. The van der Waals surface area contributed by atoms with Crippen LogP contribution in [0.4, 0.5) is 4.39 Å². The molecule has 3 aromatic rings. The number of carboxylic acids is 1. The fraction of sp³-hybridized carbons (Fsp3) is 0.321. The van der Waals surface area contributed by atoms with Crippen LogP contribution in [0.25, 0.3) is 11.1 Å². The van der Waals surface area contributed by atoms with Crippen molar-refractivity contribution in [2.45, 2.75) is 51.0 Å². The number of hydrogen-bond donors (Lipinski definition) is 1. The van der Waals surface area contributed by atoms with Gasteiger partial charge in [0, 0.05) is 5.56 Å². The van der Waals surface area contributed by atoms with E-state index in [1.807, 2.05) is 37.3 Å². The average molecular weight is 431 g/mol. The summed E-state index contributed by atoms with van der Waals surface area (Å²) >= 11 is 0. The first kappa shape index (κ1) is 20.7. The average Bonchev–Trinajstić information content (AvgIpc) is 3.64. The summed E-state index contributed by atoms with van der Waals surface area (Å²) in [5.41, 5.74) is 5.81. The highest BCUT2D eigenvalue weighted by atomic mass is 19.1. The number of carbonyl (C=O) groups is 1. The van der Waals surface area contributed by atoms with Crippen LogP contribution >= 0.6 is 0 Å². The van der Waals surface area contributed by atoms with Gasteiger partial charge in [-0.3, -0.25) is 4.79 Å². The summed E-state index contributed by atoms with van der Waals surface area (Å²) in [4.78, 5) is 11.4. The van der Waals surface area contributed by atoms with Crippen LogP contribution in [-0.2, 0) is 11.2 Å². The third kappa shape index (κ3) is 4.27. The highest BCUT2D eigenvalue weighted by Gasteiger charge is 2.34. The first-order chi connectivity index (χ1) is 15.5. The number of ether oxygens (including phenoxy) is 1. The van der Waals surface area contributed by atoms with Crippen molar-refractivity contribution in [3.05, 3.63) is 88.7 Å². The summed E-state index contributed by atoms with van der Waals surface area (Å²) in [7, 11) is 0. The van der Waals surface area contributed by atoms with Gasteiger partial charge in [0.05, 0.1) is 6.42 Å². The van der Waals surface area contributed by atoms with Crippen LogP contribution in [0.2, 0.25) is 0 Å². The van der Waals surface area contributed by atoms with Crippen LogP contribution in [0.15, 0.2) is 60.7 Å². The summed E-state index contributed by atoms with van der Waals surface area (Å²) in [5, 5.41) is 9.33. The van der Waals surface area contributed by atoms with Gasteiger partial charge < -0.3 is 9.84 Å². The van der Waals surface area contributed by atoms with Gasteiger partial charge in [0.15, 0.2) is 0 Å². The van der Waals surface area contributed by atoms with Crippen LogP contribution in [0, 0.1) is 18.7 Å². The van der Waals surface area contributed by atoms with E-state index in [2.05, 4.69) is 18.2 Å². The molecule has 0 amide bonds. The van der Waals surface area contributed by atoms with Gasteiger partial charge in [-0.05, 0) is 84.9 Å². The third-order valence-electron chi connectivity index (χ3n) is 6.77. The van der Waals surface area contributed by atoms with Gasteiger partial charge in [-0.1, -0.05) is 48.0 Å². The van der Waals surface area contributed by atoms with E-state index in [0.717, 1.165) is 53.7 Å². The fourth-order valence-electron chi connectivity index (χ4n) is 4.83. The number of benzene rings is 3. The SMILES string of the molecule is Cc1ccc(F)c(-c2ccc(C3CCc4ccc([C@@H](CC(=O)O)C5CC5)cc4O3)cc2)c1. The Balaban J connectivity index is 1.36. The minimum Gasteiger partial charge on any atom is -0.485 e. The molecule has 0 spiro atoms. The second-order valence-corrected chi connectivity index (χ2v) is 9.16. The van der Waals surface area contributed by atoms with Gasteiger partial charge in [0.25, 0.3) is 0 Å². The molecule has 1 fully saturated rings. The molecule has 32 heavy (non-hydrogen) atoms. The first-order valence-corrected chi connectivity index (χ1v) is 11.4. The molecule has 2 aliphatic rings. The lowest BCUT2D eigenvalue weighted by Gasteiger charge is -2.28. The molecule has 0 aromatic heterocycles. The quantitative estimate of drug-likeness (QED) is 0.466. The van der Waals surface area contributed by atoms with Gasteiger partial charge in [0.1, 0.15) is 17.7 Å². The molecule has 164 valence electrons. The highest BCUT2D eigenvalue weighted by Crippen LogP contribution is 2.46.